The molecular weight excluding hydrogens is 344 g/mol. The number of carbonyl (C=O) groups excluding carboxylic acids is 2. The summed E-state index contributed by atoms with van der Waals surface area (Å²) in [4.78, 5) is 25.2. The topological polar surface area (TPSA) is 76.7 Å². The van der Waals surface area contributed by atoms with Gasteiger partial charge in [-0.3, -0.25) is 9.59 Å². The van der Waals surface area contributed by atoms with Crippen molar-refractivity contribution in [1.82, 2.24) is 5.32 Å². The van der Waals surface area contributed by atoms with Gasteiger partial charge in [-0.05, 0) is 37.1 Å². The fraction of sp³-hybridized carbons (Fsp3) is 0.333. The lowest BCUT2D eigenvalue weighted by molar-refractivity contribution is -0.118. The smallest absolute Gasteiger partial charge is 0.251 e. The first-order valence-corrected chi connectivity index (χ1v) is 8.76. The maximum atomic E-state index is 12.7. The molecule has 0 aromatic heterocycles. The average molecular weight is 370 g/mol. The van der Waals surface area contributed by atoms with Gasteiger partial charge in [0.1, 0.15) is 6.04 Å². The number of anilines is 1. The number of hydrogen-bond donors (Lipinski definition) is 2. The van der Waals surface area contributed by atoms with Gasteiger partial charge in [0.05, 0.1) is 14.2 Å². The molecule has 2 aromatic rings. The van der Waals surface area contributed by atoms with Gasteiger partial charge in [-0.15, -0.1) is 0 Å². The molecule has 2 rings (SSSR count). The molecule has 1 unspecified atom stereocenters. The minimum atomic E-state index is -0.674. The molecule has 0 aliphatic carbocycles. The third-order valence-electron chi connectivity index (χ3n) is 4.20. The highest BCUT2D eigenvalue weighted by atomic mass is 16.5. The van der Waals surface area contributed by atoms with Crippen molar-refractivity contribution in [2.24, 2.45) is 5.92 Å². The van der Waals surface area contributed by atoms with Gasteiger partial charge in [0.2, 0.25) is 5.91 Å². The summed E-state index contributed by atoms with van der Waals surface area (Å²) >= 11 is 0. The van der Waals surface area contributed by atoms with Crippen molar-refractivity contribution >= 4 is 17.5 Å². The Morgan fingerprint density at radius 2 is 1.56 bits per heavy atom. The van der Waals surface area contributed by atoms with Crippen LogP contribution in [0.3, 0.4) is 0 Å². The van der Waals surface area contributed by atoms with Crippen molar-refractivity contribution in [3.8, 4) is 11.5 Å². The summed E-state index contributed by atoms with van der Waals surface area (Å²) in [7, 11) is 3.08. The molecular formula is C21H26N2O4. The molecule has 0 aliphatic heterocycles. The Morgan fingerprint density at radius 3 is 2.11 bits per heavy atom. The van der Waals surface area contributed by atoms with Crippen LogP contribution in [0.1, 0.15) is 29.8 Å². The number of benzene rings is 2. The molecule has 2 amide bonds. The van der Waals surface area contributed by atoms with E-state index in [-0.39, 0.29) is 17.7 Å². The zero-order valence-corrected chi connectivity index (χ0v) is 16.3. The maximum absolute atomic E-state index is 12.7. The Morgan fingerprint density at radius 1 is 0.926 bits per heavy atom. The van der Waals surface area contributed by atoms with Crippen LogP contribution in [0.25, 0.3) is 0 Å². The largest absolute Gasteiger partial charge is 0.493 e. The number of methoxy groups -OCH3 is 2. The first-order chi connectivity index (χ1) is 12.8. The van der Waals surface area contributed by atoms with E-state index < -0.39 is 6.04 Å². The average Bonchev–Trinajstić information content (AvgIpc) is 2.65. The monoisotopic (exact) mass is 370 g/mol. The van der Waals surface area contributed by atoms with Crippen molar-refractivity contribution in [3.05, 3.63) is 53.6 Å². The van der Waals surface area contributed by atoms with Crippen LogP contribution in [-0.2, 0) is 4.79 Å². The molecule has 2 aromatic carbocycles. The predicted octanol–water partition coefficient (Wildman–Crippen LogP) is 3.41. The van der Waals surface area contributed by atoms with Crippen LogP contribution in [-0.4, -0.2) is 32.1 Å². The number of aryl methyl sites for hydroxylation is 1. The van der Waals surface area contributed by atoms with E-state index in [1.54, 1.807) is 37.4 Å². The van der Waals surface area contributed by atoms with Gasteiger partial charge in [0.15, 0.2) is 11.5 Å². The van der Waals surface area contributed by atoms with Crippen LogP contribution in [0.2, 0.25) is 0 Å². The first kappa shape index (κ1) is 20.3. The molecule has 144 valence electrons. The molecule has 0 fully saturated rings. The number of nitrogens with one attached hydrogen (secondary N) is 2. The minimum absolute atomic E-state index is 0.0838. The lowest BCUT2D eigenvalue weighted by Crippen LogP contribution is -2.47. The fourth-order valence-electron chi connectivity index (χ4n) is 2.60. The van der Waals surface area contributed by atoms with Crippen molar-refractivity contribution < 1.29 is 19.1 Å². The molecule has 0 radical (unpaired) electrons. The molecule has 0 heterocycles. The Bertz CT molecular complexity index is 800. The lowest BCUT2D eigenvalue weighted by Gasteiger charge is -2.22. The van der Waals surface area contributed by atoms with E-state index in [0.717, 1.165) is 5.56 Å². The van der Waals surface area contributed by atoms with Crippen LogP contribution < -0.4 is 20.1 Å². The van der Waals surface area contributed by atoms with E-state index in [9.17, 15) is 9.59 Å². The highest BCUT2D eigenvalue weighted by Gasteiger charge is 2.25. The number of carbonyl (C=O) groups is 2. The van der Waals surface area contributed by atoms with Gasteiger partial charge in [-0.1, -0.05) is 31.5 Å². The second kappa shape index (κ2) is 9.07. The molecule has 0 bridgehead atoms. The van der Waals surface area contributed by atoms with Crippen LogP contribution in [0, 0.1) is 12.8 Å². The van der Waals surface area contributed by atoms with Gasteiger partial charge in [0, 0.05) is 17.3 Å². The summed E-state index contributed by atoms with van der Waals surface area (Å²) in [5, 5.41) is 5.64. The van der Waals surface area contributed by atoms with Gasteiger partial charge in [-0.25, -0.2) is 0 Å². The molecule has 0 aliphatic rings. The van der Waals surface area contributed by atoms with E-state index >= 15 is 0 Å². The van der Waals surface area contributed by atoms with Gasteiger partial charge in [0.25, 0.3) is 5.91 Å². The van der Waals surface area contributed by atoms with E-state index in [4.69, 9.17) is 9.47 Å². The van der Waals surface area contributed by atoms with Crippen molar-refractivity contribution in [1.29, 1.82) is 0 Å². The van der Waals surface area contributed by atoms with Crippen LogP contribution in [0.4, 0.5) is 5.69 Å². The Kier molecular flexibility index (Phi) is 6.82. The summed E-state index contributed by atoms with van der Waals surface area (Å²) in [6.45, 7) is 5.72. The second-order valence-electron chi connectivity index (χ2n) is 6.62. The molecule has 27 heavy (non-hydrogen) atoms. The summed E-state index contributed by atoms with van der Waals surface area (Å²) in [6.07, 6.45) is 0. The standard InChI is InChI=1S/C21H26N2O4/c1-13(2)19(23-20(24)15-8-6-14(3)7-9-15)21(25)22-16-10-11-17(26-4)18(12-16)27-5/h6-13,19H,1-5H3,(H,22,25)(H,23,24). The highest BCUT2D eigenvalue weighted by Crippen LogP contribution is 2.29. The number of amides is 2. The Labute approximate surface area is 159 Å². The molecule has 0 spiro atoms. The fourth-order valence-corrected chi connectivity index (χ4v) is 2.60. The minimum Gasteiger partial charge on any atom is -0.493 e. The Balaban J connectivity index is 2.13. The molecule has 1 atom stereocenters. The van der Waals surface area contributed by atoms with Crippen LogP contribution in [0.15, 0.2) is 42.5 Å². The highest BCUT2D eigenvalue weighted by molar-refractivity contribution is 6.01. The maximum Gasteiger partial charge on any atom is 0.251 e. The van der Waals surface area contributed by atoms with Crippen LogP contribution in [0.5, 0.6) is 11.5 Å². The third kappa shape index (κ3) is 5.23. The number of ether oxygens (including phenoxy) is 2. The van der Waals surface area contributed by atoms with Crippen molar-refractivity contribution in [2.75, 3.05) is 19.5 Å². The molecule has 0 saturated carbocycles. The van der Waals surface area contributed by atoms with Gasteiger partial charge in [-0.2, -0.15) is 0 Å². The third-order valence-corrected chi connectivity index (χ3v) is 4.20. The van der Waals surface area contributed by atoms with Crippen molar-refractivity contribution in [2.45, 2.75) is 26.8 Å². The van der Waals surface area contributed by atoms with E-state index in [0.29, 0.717) is 22.7 Å². The van der Waals surface area contributed by atoms with Crippen LogP contribution >= 0.6 is 0 Å². The molecule has 6 heteroatoms. The predicted molar refractivity (Wildman–Crippen MR) is 105 cm³/mol. The normalized spacial score (nSPS) is 11.6. The second-order valence-corrected chi connectivity index (χ2v) is 6.62. The molecule has 0 saturated heterocycles. The SMILES string of the molecule is COc1ccc(NC(=O)C(NC(=O)c2ccc(C)cc2)C(C)C)cc1OC. The quantitative estimate of drug-likeness (QED) is 0.783. The zero-order chi connectivity index (χ0) is 20.0. The zero-order valence-electron chi connectivity index (χ0n) is 16.3. The number of rotatable bonds is 7. The molecule has 2 N–H and O–H groups in total. The van der Waals surface area contributed by atoms with Gasteiger partial charge < -0.3 is 20.1 Å². The van der Waals surface area contributed by atoms with Gasteiger partial charge >= 0.3 is 0 Å². The molecule has 6 nitrogen and oxygen atoms in total. The van der Waals surface area contributed by atoms with E-state index in [1.165, 1.54) is 7.11 Å². The summed E-state index contributed by atoms with van der Waals surface area (Å²) < 4.78 is 10.4. The lowest BCUT2D eigenvalue weighted by atomic mass is 10.0. The number of hydrogen-bond acceptors (Lipinski definition) is 4. The summed E-state index contributed by atoms with van der Waals surface area (Å²) in [5.74, 6) is 0.428. The summed E-state index contributed by atoms with van der Waals surface area (Å²) in [5.41, 5.74) is 2.15. The van der Waals surface area contributed by atoms with Crippen molar-refractivity contribution in [3.63, 3.8) is 0 Å². The van der Waals surface area contributed by atoms with E-state index in [1.807, 2.05) is 32.9 Å². The summed E-state index contributed by atoms with van der Waals surface area (Å²) in [6, 6.07) is 11.7. The Hall–Kier alpha value is -3.02. The van der Waals surface area contributed by atoms with E-state index in [2.05, 4.69) is 10.6 Å². The first-order valence-electron chi connectivity index (χ1n) is 8.76.